The van der Waals surface area contributed by atoms with Crippen LogP contribution in [0.3, 0.4) is 0 Å². The maximum absolute atomic E-state index is 11.7. The van der Waals surface area contributed by atoms with Crippen molar-refractivity contribution in [2.75, 3.05) is 12.4 Å². The Kier molecular flexibility index (Phi) is 5.28. The minimum atomic E-state index is -1.23. The van der Waals surface area contributed by atoms with Gasteiger partial charge in [-0.05, 0) is 25.1 Å². The lowest BCUT2D eigenvalue weighted by molar-refractivity contribution is -0.131. The standard InChI is InChI=1S/C13H12ClNO5/c1-7(5-11(16)17)12(18)15-10-6-8(13(19)20-2)3-4-9(10)14/h3-6H,1-2H3,(H,15,18)(H,16,17)/b7-5-. The largest absolute Gasteiger partial charge is 0.478 e. The van der Waals surface area contributed by atoms with Crippen molar-refractivity contribution >= 4 is 35.1 Å². The monoisotopic (exact) mass is 297 g/mol. The quantitative estimate of drug-likeness (QED) is 0.656. The van der Waals surface area contributed by atoms with E-state index in [9.17, 15) is 14.4 Å². The Morgan fingerprint density at radius 2 is 2.00 bits per heavy atom. The number of benzene rings is 1. The summed E-state index contributed by atoms with van der Waals surface area (Å²) in [6.45, 7) is 1.35. The van der Waals surface area contributed by atoms with Gasteiger partial charge in [-0.3, -0.25) is 4.79 Å². The lowest BCUT2D eigenvalue weighted by Gasteiger charge is -2.08. The van der Waals surface area contributed by atoms with Gasteiger partial charge in [0.15, 0.2) is 0 Å². The fourth-order valence-corrected chi connectivity index (χ4v) is 1.50. The van der Waals surface area contributed by atoms with E-state index < -0.39 is 17.8 Å². The van der Waals surface area contributed by atoms with Crippen LogP contribution in [0.2, 0.25) is 5.02 Å². The van der Waals surface area contributed by atoms with Crippen LogP contribution in [0, 0.1) is 0 Å². The number of carbonyl (C=O) groups excluding carboxylic acids is 2. The van der Waals surface area contributed by atoms with Crippen molar-refractivity contribution in [2.24, 2.45) is 0 Å². The van der Waals surface area contributed by atoms with Gasteiger partial charge in [0.05, 0.1) is 23.4 Å². The molecule has 6 nitrogen and oxygen atoms in total. The zero-order chi connectivity index (χ0) is 15.3. The number of aliphatic carboxylic acids is 1. The Balaban J connectivity index is 3.00. The lowest BCUT2D eigenvalue weighted by atomic mass is 10.2. The van der Waals surface area contributed by atoms with Crippen molar-refractivity contribution in [1.82, 2.24) is 0 Å². The number of amides is 1. The van der Waals surface area contributed by atoms with E-state index in [-0.39, 0.29) is 21.8 Å². The number of hydrogen-bond donors (Lipinski definition) is 2. The highest BCUT2D eigenvalue weighted by Crippen LogP contribution is 2.24. The molecule has 2 N–H and O–H groups in total. The maximum atomic E-state index is 11.7. The number of halogens is 1. The third kappa shape index (κ3) is 4.10. The molecule has 0 aliphatic heterocycles. The van der Waals surface area contributed by atoms with Gasteiger partial charge in [-0.15, -0.1) is 0 Å². The molecule has 0 radical (unpaired) electrons. The summed E-state index contributed by atoms with van der Waals surface area (Å²) in [6, 6.07) is 4.23. The first-order chi connectivity index (χ1) is 9.35. The maximum Gasteiger partial charge on any atom is 0.337 e. The van der Waals surface area contributed by atoms with Crippen LogP contribution in [-0.4, -0.2) is 30.1 Å². The number of anilines is 1. The molecule has 0 aliphatic carbocycles. The summed E-state index contributed by atoms with van der Waals surface area (Å²) in [7, 11) is 1.23. The van der Waals surface area contributed by atoms with Gasteiger partial charge in [0.25, 0.3) is 5.91 Å². The number of methoxy groups -OCH3 is 1. The third-order valence-electron chi connectivity index (χ3n) is 2.33. The summed E-state index contributed by atoms with van der Waals surface area (Å²) >= 11 is 5.90. The highest BCUT2D eigenvalue weighted by molar-refractivity contribution is 6.34. The van der Waals surface area contributed by atoms with Gasteiger partial charge in [-0.2, -0.15) is 0 Å². The summed E-state index contributed by atoms with van der Waals surface area (Å²) in [5, 5.41) is 11.2. The van der Waals surface area contributed by atoms with E-state index in [4.69, 9.17) is 16.7 Å². The second kappa shape index (κ2) is 6.72. The molecule has 1 aromatic carbocycles. The predicted molar refractivity (Wildman–Crippen MR) is 72.8 cm³/mol. The zero-order valence-electron chi connectivity index (χ0n) is 10.8. The lowest BCUT2D eigenvalue weighted by Crippen LogP contribution is -2.14. The molecule has 0 bridgehead atoms. The Bertz CT molecular complexity index is 594. The van der Waals surface area contributed by atoms with E-state index in [0.717, 1.165) is 6.08 Å². The minimum Gasteiger partial charge on any atom is -0.478 e. The number of hydrogen-bond acceptors (Lipinski definition) is 4. The second-order valence-electron chi connectivity index (χ2n) is 3.81. The van der Waals surface area contributed by atoms with Gasteiger partial charge in [-0.1, -0.05) is 11.6 Å². The summed E-state index contributed by atoms with van der Waals surface area (Å²) in [5.74, 6) is -2.43. The number of rotatable bonds is 4. The Morgan fingerprint density at radius 3 is 2.55 bits per heavy atom. The first-order valence-corrected chi connectivity index (χ1v) is 5.83. The van der Waals surface area contributed by atoms with Crippen LogP contribution in [0.25, 0.3) is 0 Å². The van der Waals surface area contributed by atoms with Crippen LogP contribution < -0.4 is 5.32 Å². The zero-order valence-corrected chi connectivity index (χ0v) is 11.5. The summed E-state index contributed by atoms with van der Waals surface area (Å²) in [6.07, 6.45) is 0.771. The molecule has 20 heavy (non-hydrogen) atoms. The van der Waals surface area contributed by atoms with E-state index in [1.807, 2.05) is 0 Å². The van der Waals surface area contributed by atoms with Crippen LogP contribution in [0.1, 0.15) is 17.3 Å². The third-order valence-corrected chi connectivity index (χ3v) is 2.66. The average molecular weight is 298 g/mol. The molecule has 106 valence electrons. The molecule has 0 heterocycles. The molecule has 0 aromatic heterocycles. The molecule has 0 spiro atoms. The normalized spacial score (nSPS) is 10.8. The van der Waals surface area contributed by atoms with Gasteiger partial charge >= 0.3 is 11.9 Å². The van der Waals surface area contributed by atoms with Crippen LogP contribution in [-0.2, 0) is 14.3 Å². The fraction of sp³-hybridized carbons (Fsp3) is 0.154. The van der Waals surface area contributed by atoms with E-state index in [0.29, 0.717) is 0 Å². The molecular weight excluding hydrogens is 286 g/mol. The first kappa shape index (κ1) is 15.7. The molecule has 0 aliphatic rings. The molecule has 1 rings (SSSR count). The first-order valence-electron chi connectivity index (χ1n) is 5.45. The van der Waals surface area contributed by atoms with E-state index in [1.54, 1.807) is 0 Å². The van der Waals surface area contributed by atoms with Gasteiger partial charge in [-0.25, -0.2) is 9.59 Å². The van der Waals surface area contributed by atoms with Crippen molar-refractivity contribution in [3.8, 4) is 0 Å². The molecule has 1 aromatic rings. The van der Waals surface area contributed by atoms with Gasteiger partial charge in [0.2, 0.25) is 0 Å². The summed E-state index contributed by atoms with van der Waals surface area (Å²) in [4.78, 5) is 33.6. The van der Waals surface area contributed by atoms with Crippen molar-refractivity contribution in [2.45, 2.75) is 6.92 Å². The number of carboxylic acid groups (broad SMARTS) is 1. The molecule has 0 atom stereocenters. The van der Waals surface area contributed by atoms with Gasteiger partial charge in [0, 0.05) is 11.6 Å². The second-order valence-corrected chi connectivity index (χ2v) is 4.21. The van der Waals surface area contributed by atoms with E-state index in [2.05, 4.69) is 10.1 Å². The molecule has 0 saturated heterocycles. The van der Waals surface area contributed by atoms with Gasteiger partial charge in [0.1, 0.15) is 0 Å². The molecule has 0 fully saturated rings. The van der Waals surface area contributed by atoms with Crippen LogP contribution in [0.5, 0.6) is 0 Å². The molecule has 1 amide bonds. The van der Waals surface area contributed by atoms with Crippen LogP contribution in [0.4, 0.5) is 5.69 Å². The minimum absolute atomic E-state index is 0.00274. The summed E-state index contributed by atoms with van der Waals surface area (Å²) < 4.78 is 4.55. The Labute approximate surface area is 120 Å². The number of ether oxygens (including phenoxy) is 1. The van der Waals surface area contributed by atoms with Crippen LogP contribution in [0.15, 0.2) is 29.8 Å². The molecule has 0 saturated carbocycles. The van der Waals surface area contributed by atoms with Crippen molar-refractivity contribution in [3.63, 3.8) is 0 Å². The van der Waals surface area contributed by atoms with Crippen molar-refractivity contribution in [3.05, 3.63) is 40.4 Å². The average Bonchev–Trinajstić information content (AvgIpc) is 2.39. The SMILES string of the molecule is COC(=O)c1ccc(Cl)c(NC(=O)/C(C)=C\C(=O)O)c1. The fourth-order valence-electron chi connectivity index (χ4n) is 1.34. The number of esters is 1. The smallest absolute Gasteiger partial charge is 0.337 e. The van der Waals surface area contributed by atoms with E-state index >= 15 is 0 Å². The van der Waals surface area contributed by atoms with Crippen molar-refractivity contribution in [1.29, 1.82) is 0 Å². The van der Waals surface area contributed by atoms with Gasteiger partial charge < -0.3 is 15.2 Å². The summed E-state index contributed by atoms with van der Waals surface area (Å²) in [5.41, 5.74) is 0.404. The molecular formula is C13H12ClNO5. The highest BCUT2D eigenvalue weighted by atomic mass is 35.5. The highest BCUT2D eigenvalue weighted by Gasteiger charge is 2.12. The number of carboxylic acids is 1. The van der Waals surface area contributed by atoms with Crippen LogP contribution >= 0.6 is 11.6 Å². The number of nitrogens with one attached hydrogen (secondary N) is 1. The van der Waals surface area contributed by atoms with Crippen molar-refractivity contribution < 1.29 is 24.2 Å². The Morgan fingerprint density at radius 1 is 1.35 bits per heavy atom. The molecule has 7 heteroatoms. The topological polar surface area (TPSA) is 92.7 Å². The number of carbonyl (C=O) groups is 3. The van der Waals surface area contributed by atoms with E-state index in [1.165, 1.54) is 32.2 Å². The predicted octanol–water partition coefficient (Wildman–Crippen LogP) is 2.10. The molecule has 0 unspecified atom stereocenters. The Hall–Kier alpha value is -2.34.